The number of ether oxygens (including phenoxy) is 2. The number of aromatic nitrogens is 1. The Hall–Kier alpha value is -1.66. The van der Waals surface area contributed by atoms with Crippen LogP contribution in [0.5, 0.6) is 0 Å². The monoisotopic (exact) mass is 268 g/mol. The van der Waals surface area contributed by atoms with E-state index in [1.165, 1.54) is 6.20 Å². The highest BCUT2D eigenvalue weighted by Gasteiger charge is 2.08. The second-order valence-corrected chi connectivity index (χ2v) is 3.88. The second kappa shape index (κ2) is 8.44. The summed E-state index contributed by atoms with van der Waals surface area (Å²) in [6, 6.07) is 3.45. The summed E-state index contributed by atoms with van der Waals surface area (Å²) in [5, 5.41) is 8.58. The minimum atomic E-state index is -0.365. The first-order chi connectivity index (χ1) is 9.19. The van der Waals surface area contributed by atoms with Crippen LogP contribution in [0.25, 0.3) is 0 Å². The van der Waals surface area contributed by atoms with Crippen molar-refractivity contribution in [1.82, 2.24) is 4.98 Å². The fraction of sp³-hybridized carbons (Fsp3) is 0.538. The molecule has 1 aromatic rings. The van der Waals surface area contributed by atoms with Crippen molar-refractivity contribution in [3.63, 3.8) is 0 Å². The first-order valence-corrected chi connectivity index (χ1v) is 6.22. The van der Waals surface area contributed by atoms with Gasteiger partial charge in [-0.1, -0.05) is 0 Å². The Morgan fingerprint density at radius 2 is 2.21 bits per heavy atom. The molecule has 0 unspecified atom stereocenters. The van der Waals surface area contributed by atoms with Crippen molar-refractivity contribution >= 4 is 11.8 Å². The molecule has 0 atom stereocenters. The van der Waals surface area contributed by atoms with Crippen LogP contribution in [-0.2, 0) is 9.47 Å². The van der Waals surface area contributed by atoms with E-state index in [0.29, 0.717) is 31.9 Å². The number of hydrogen-bond donors (Lipinski definition) is 1. The Morgan fingerprint density at radius 3 is 2.79 bits per heavy atom. The van der Waals surface area contributed by atoms with Crippen molar-refractivity contribution in [2.45, 2.75) is 6.92 Å². The Morgan fingerprint density at radius 1 is 1.42 bits per heavy atom. The molecule has 0 bridgehead atoms. The number of likely N-dealkylation sites (N-methyl/N-ethyl adjacent to an activating group) is 1. The molecule has 1 aromatic heterocycles. The highest BCUT2D eigenvalue weighted by molar-refractivity contribution is 5.89. The summed E-state index contributed by atoms with van der Waals surface area (Å²) in [7, 11) is 1.88. The summed E-state index contributed by atoms with van der Waals surface area (Å²) in [5.74, 6) is 0.385. The second-order valence-electron chi connectivity index (χ2n) is 3.88. The van der Waals surface area contributed by atoms with E-state index in [4.69, 9.17) is 14.6 Å². The van der Waals surface area contributed by atoms with E-state index in [2.05, 4.69) is 4.98 Å². The number of carbonyl (C=O) groups excluding carboxylic acids is 1. The summed E-state index contributed by atoms with van der Waals surface area (Å²) < 4.78 is 10.1. The van der Waals surface area contributed by atoms with Crippen molar-refractivity contribution in [1.29, 1.82) is 0 Å². The lowest BCUT2D eigenvalue weighted by atomic mass is 10.3. The molecule has 0 aromatic carbocycles. The topological polar surface area (TPSA) is 71.9 Å². The van der Waals surface area contributed by atoms with Gasteiger partial charge in [0, 0.05) is 19.8 Å². The van der Waals surface area contributed by atoms with Crippen LogP contribution in [0.15, 0.2) is 18.3 Å². The molecule has 0 radical (unpaired) electrons. The van der Waals surface area contributed by atoms with Crippen molar-refractivity contribution < 1.29 is 19.4 Å². The third-order valence-electron chi connectivity index (χ3n) is 2.46. The largest absolute Gasteiger partial charge is 0.462 e. The highest BCUT2D eigenvalue weighted by Crippen LogP contribution is 2.10. The molecule has 0 aliphatic rings. The molecule has 0 fully saturated rings. The summed E-state index contributed by atoms with van der Waals surface area (Å²) in [6.45, 7) is 3.64. The van der Waals surface area contributed by atoms with Crippen molar-refractivity contribution in [2.24, 2.45) is 0 Å². The van der Waals surface area contributed by atoms with Crippen LogP contribution in [-0.4, -0.2) is 56.1 Å². The molecule has 1 rings (SSSR count). The number of rotatable bonds is 8. The van der Waals surface area contributed by atoms with Gasteiger partial charge in [0.15, 0.2) is 0 Å². The molecule has 0 aliphatic heterocycles. The van der Waals surface area contributed by atoms with Crippen LogP contribution in [0.4, 0.5) is 5.82 Å². The standard InChI is InChI=1S/C13H20N2O4/c1-3-19-13(17)11-4-5-12(14-10-11)15(2)6-8-18-9-7-16/h4-5,10,16H,3,6-9H2,1-2H3. The summed E-state index contributed by atoms with van der Waals surface area (Å²) in [4.78, 5) is 17.6. The van der Waals surface area contributed by atoms with Crippen LogP contribution in [0.3, 0.4) is 0 Å². The van der Waals surface area contributed by atoms with Gasteiger partial charge in [-0.15, -0.1) is 0 Å². The zero-order chi connectivity index (χ0) is 14.1. The highest BCUT2D eigenvalue weighted by atomic mass is 16.5. The molecule has 6 heteroatoms. The number of esters is 1. The number of anilines is 1. The van der Waals surface area contributed by atoms with Gasteiger partial charge in [0.25, 0.3) is 0 Å². The number of pyridine rings is 1. The number of aliphatic hydroxyl groups excluding tert-OH is 1. The minimum Gasteiger partial charge on any atom is -0.462 e. The first kappa shape index (κ1) is 15.4. The Labute approximate surface area is 113 Å². The molecular weight excluding hydrogens is 248 g/mol. The summed E-state index contributed by atoms with van der Waals surface area (Å²) in [6.07, 6.45) is 1.50. The predicted octanol–water partition coefficient (Wildman–Crippen LogP) is 0.703. The molecule has 0 aliphatic carbocycles. The zero-order valence-corrected chi connectivity index (χ0v) is 11.3. The number of carbonyl (C=O) groups is 1. The van der Waals surface area contributed by atoms with Gasteiger partial charge in [-0.25, -0.2) is 9.78 Å². The Bertz CT molecular complexity index is 381. The van der Waals surface area contributed by atoms with Crippen LogP contribution >= 0.6 is 0 Å². The fourth-order valence-corrected chi connectivity index (χ4v) is 1.43. The molecule has 0 saturated heterocycles. The van der Waals surface area contributed by atoms with Gasteiger partial charge in [-0.05, 0) is 19.1 Å². The summed E-state index contributed by atoms with van der Waals surface area (Å²) in [5.41, 5.74) is 0.440. The maximum atomic E-state index is 11.5. The van der Waals surface area contributed by atoms with E-state index in [1.54, 1.807) is 19.1 Å². The lowest BCUT2D eigenvalue weighted by Crippen LogP contribution is -2.24. The smallest absolute Gasteiger partial charge is 0.339 e. The van der Waals surface area contributed by atoms with Gasteiger partial charge in [0.1, 0.15) is 5.82 Å². The molecule has 0 amide bonds. The van der Waals surface area contributed by atoms with Crippen molar-refractivity contribution in [3.05, 3.63) is 23.9 Å². The lowest BCUT2D eigenvalue weighted by Gasteiger charge is -2.18. The van der Waals surface area contributed by atoms with Crippen LogP contribution in [0.1, 0.15) is 17.3 Å². The molecule has 106 valence electrons. The zero-order valence-electron chi connectivity index (χ0n) is 11.3. The van der Waals surface area contributed by atoms with E-state index in [0.717, 1.165) is 5.82 Å². The quantitative estimate of drug-likeness (QED) is 0.553. The van der Waals surface area contributed by atoms with E-state index in [1.807, 2.05) is 11.9 Å². The molecule has 1 N–H and O–H groups in total. The van der Waals surface area contributed by atoms with E-state index in [9.17, 15) is 4.79 Å². The normalized spacial score (nSPS) is 10.3. The van der Waals surface area contributed by atoms with E-state index < -0.39 is 0 Å². The van der Waals surface area contributed by atoms with Crippen LogP contribution in [0.2, 0.25) is 0 Å². The predicted molar refractivity (Wildman–Crippen MR) is 71.4 cm³/mol. The van der Waals surface area contributed by atoms with Gasteiger partial charge in [0.2, 0.25) is 0 Å². The molecule has 0 spiro atoms. The van der Waals surface area contributed by atoms with E-state index in [-0.39, 0.29) is 12.6 Å². The van der Waals surface area contributed by atoms with Gasteiger partial charge in [-0.2, -0.15) is 0 Å². The van der Waals surface area contributed by atoms with E-state index >= 15 is 0 Å². The Balaban J connectivity index is 2.48. The lowest BCUT2D eigenvalue weighted by molar-refractivity contribution is 0.0526. The van der Waals surface area contributed by atoms with Gasteiger partial charge < -0.3 is 19.5 Å². The number of hydrogen-bond acceptors (Lipinski definition) is 6. The molecule has 19 heavy (non-hydrogen) atoms. The fourth-order valence-electron chi connectivity index (χ4n) is 1.43. The SMILES string of the molecule is CCOC(=O)c1ccc(N(C)CCOCCO)nc1. The molecule has 1 heterocycles. The summed E-state index contributed by atoms with van der Waals surface area (Å²) >= 11 is 0. The molecule has 6 nitrogen and oxygen atoms in total. The van der Waals surface area contributed by atoms with Crippen molar-refractivity contribution in [2.75, 3.05) is 44.9 Å². The first-order valence-electron chi connectivity index (χ1n) is 6.22. The Kier molecular flexibility index (Phi) is 6.84. The van der Waals surface area contributed by atoms with Crippen LogP contribution in [0, 0.1) is 0 Å². The number of aliphatic hydroxyl groups is 1. The average Bonchev–Trinajstić information content (AvgIpc) is 2.44. The minimum absolute atomic E-state index is 0.0240. The third kappa shape index (κ3) is 5.23. The van der Waals surface area contributed by atoms with Gasteiger partial charge in [-0.3, -0.25) is 0 Å². The average molecular weight is 268 g/mol. The maximum Gasteiger partial charge on any atom is 0.339 e. The van der Waals surface area contributed by atoms with Gasteiger partial charge in [0.05, 0.1) is 32.0 Å². The molecule has 0 saturated carbocycles. The van der Waals surface area contributed by atoms with Gasteiger partial charge >= 0.3 is 5.97 Å². The maximum absolute atomic E-state index is 11.5. The number of nitrogens with zero attached hydrogens (tertiary/aromatic N) is 2. The third-order valence-corrected chi connectivity index (χ3v) is 2.46. The van der Waals surface area contributed by atoms with Crippen molar-refractivity contribution in [3.8, 4) is 0 Å². The van der Waals surface area contributed by atoms with Crippen LogP contribution < -0.4 is 4.90 Å². The molecular formula is C13H20N2O4.